The van der Waals surface area contributed by atoms with Crippen LogP contribution in [0.1, 0.15) is 25.5 Å². The lowest BCUT2D eigenvalue weighted by atomic mass is 10.0. The Labute approximate surface area is 109 Å². The van der Waals surface area contributed by atoms with E-state index in [0.29, 0.717) is 6.41 Å². The van der Waals surface area contributed by atoms with Crippen molar-refractivity contribution in [2.75, 3.05) is 0 Å². The third-order valence-electron chi connectivity index (χ3n) is 2.51. The zero-order valence-electron chi connectivity index (χ0n) is 9.93. The molecule has 1 amide bonds. The number of aliphatic carboxylic acids is 1. The molecule has 0 radical (unpaired) electrons. The van der Waals surface area contributed by atoms with E-state index in [4.69, 9.17) is 11.6 Å². The fraction of sp³-hybridized carbons (Fsp3) is 0.333. The second-order valence-corrected chi connectivity index (χ2v) is 4.46. The quantitative estimate of drug-likeness (QED) is 0.839. The van der Waals surface area contributed by atoms with Crippen LogP contribution in [-0.2, 0) is 9.59 Å². The second-order valence-electron chi connectivity index (χ2n) is 4.05. The van der Waals surface area contributed by atoms with Crippen LogP contribution in [0.2, 0.25) is 5.02 Å². The van der Waals surface area contributed by atoms with E-state index in [2.05, 4.69) is 0 Å². The van der Waals surface area contributed by atoms with E-state index in [0.717, 1.165) is 17.0 Å². The van der Waals surface area contributed by atoms with Gasteiger partial charge in [-0.25, -0.2) is 9.18 Å². The molecule has 0 fully saturated rings. The Morgan fingerprint density at radius 2 is 2.11 bits per heavy atom. The molecule has 1 N–H and O–H groups in total. The monoisotopic (exact) mass is 273 g/mol. The zero-order chi connectivity index (χ0) is 13.9. The van der Waals surface area contributed by atoms with Crippen LogP contribution in [0, 0.1) is 5.82 Å². The summed E-state index contributed by atoms with van der Waals surface area (Å²) >= 11 is 5.83. The average Bonchev–Trinajstić information content (AvgIpc) is 2.26. The highest BCUT2D eigenvalue weighted by atomic mass is 35.5. The van der Waals surface area contributed by atoms with E-state index >= 15 is 0 Å². The Kier molecular flexibility index (Phi) is 4.67. The normalized spacial score (nSPS) is 12.3. The van der Waals surface area contributed by atoms with E-state index in [1.165, 1.54) is 6.07 Å². The van der Waals surface area contributed by atoms with E-state index in [1.54, 1.807) is 13.8 Å². The summed E-state index contributed by atoms with van der Waals surface area (Å²) in [5.74, 6) is -1.78. The fourth-order valence-corrected chi connectivity index (χ4v) is 1.90. The Bertz CT molecular complexity index is 465. The molecular weight excluding hydrogens is 261 g/mol. The number of nitrogens with zero attached hydrogens (tertiary/aromatic N) is 1. The summed E-state index contributed by atoms with van der Waals surface area (Å²) < 4.78 is 12.9. The standard InChI is InChI=1S/C12H13ClFNO3/c1-7(2)15(6-16)11(12(17)18)9-4-3-8(14)5-10(9)13/h3-7,11H,1-2H3,(H,17,18). The fourth-order valence-electron chi connectivity index (χ4n) is 1.63. The number of benzene rings is 1. The minimum atomic E-state index is -1.23. The Balaban J connectivity index is 3.27. The van der Waals surface area contributed by atoms with Crippen LogP contribution in [0.15, 0.2) is 18.2 Å². The first kappa shape index (κ1) is 14.4. The van der Waals surface area contributed by atoms with Gasteiger partial charge in [0.2, 0.25) is 6.41 Å². The van der Waals surface area contributed by atoms with Gasteiger partial charge in [0.25, 0.3) is 0 Å². The lowest BCUT2D eigenvalue weighted by Gasteiger charge is -2.29. The van der Waals surface area contributed by atoms with Gasteiger partial charge in [-0.1, -0.05) is 17.7 Å². The highest BCUT2D eigenvalue weighted by Crippen LogP contribution is 2.29. The maximum Gasteiger partial charge on any atom is 0.331 e. The number of hydrogen-bond acceptors (Lipinski definition) is 2. The van der Waals surface area contributed by atoms with Crippen molar-refractivity contribution in [1.29, 1.82) is 0 Å². The Morgan fingerprint density at radius 3 is 2.50 bits per heavy atom. The third-order valence-corrected chi connectivity index (χ3v) is 2.83. The average molecular weight is 274 g/mol. The molecule has 4 nitrogen and oxygen atoms in total. The molecule has 0 aliphatic carbocycles. The summed E-state index contributed by atoms with van der Waals surface area (Å²) in [6.45, 7) is 3.36. The van der Waals surface area contributed by atoms with Crippen molar-refractivity contribution in [2.24, 2.45) is 0 Å². The molecule has 0 saturated carbocycles. The zero-order valence-corrected chi connectivity index (χ0v) is 10.7. The highest BCUT2D eigenvalue weighted by Gasteiger charge is 2.30. The summed E-state index contributed by atoms with van der Waals surface area (Å²) in [5.41, 5.74) is 0.186. The van der Waals surface area contributed by atoms with Gasteiger partial charge < -0.3 is 10.0 Å². The number of rotatable bonds is 5. The summed E-state index contributed by atoms with van der Waals surface area (Å²) in [6, 6.07) is 1.87. The van der Waals surface area contributed by atoms with Gasteiger partial charge in [-0.3, -0.25) is 4.79 Å². The van der Waals surface area contributed by atoms with E-state index in [9.17, 15) is 19.1 Å². The SMILES string of the molecule is CC(C)N(C=O)C(C(=O)O)c1ccc(F)cc1Cl. The molecule has 1 atom stereocenters. The molecule has 98 valence electrons. The van der Waals surface area contributed by atoms with Crippen LogP contribution >= 0.6 is 11.6 Å². The van der Waals surface area contributed by atoms with Crippen molar-refractivity contribution in [1.82, 2.24) is 4.90 Å². The lowest BCUT2D eigenvalue weighted by molar-refractivity contribution is -0.147. The van der Waals surface area contributed by atoms with Crippen molar-refractivity contribution in [3.05, 3.63) is 34.6 Å². The van der Waals surface area contributed by atoms with Gasteiger partial charge in [-0.2, -0.15) is 0 Å². The Morgan fingerprint density at radius 1 is 1.50 bits per heavy atom. The lowest BCUT2D eigenvalue weighted by Crippen LogP contribution is -2.38. The molecule has 1 aromatic rings. The highest BCUT2D eigenvalue weighted by molar-refractivity contribution is 6.31. The van der Waals surface area contributed by atoms with Gasteiger partial charge in [-0.15, -0.1) is 0 Å². The second kappa shape index (κ2) is 5.82. The summed E-state index contributed by atoms with van der Waals surface area (Å²) in [4.78, 5) is 23.4. The molecule has 1 aromatic carbocycles. The number of carbonyl (C=O) groups excluding carboxylic acids is 1. The van der Waals surface area contributed by atoms with Crippen molar-refractivity contribution < 1.29 is 19.1 Å². The molecule has 0 heterocycles. The first-order valence-electron chi connectivity index (χ1n) is 5.29. The molecule has 6 heteroatoms. The number of carboxylic acids is 1. The predicted octanol–water partition coefficient (Wildman–Crippen LogP) is 2.47. The maximum atomic E-state index is 12.9. The summed E-state index contributed by atoms with van der Waals surface area (Å²) in [7, 11) is 0. The first-order valence-corrected chi connectivity index (χ1v) is 5.66. The molecule has 1 rings (SSSR count). The van der Waals surface area contributed by atoms with Crippen LogP contribution in [0.5, 0.6) is 0 Å². The van der Waals surface area contributed by atoms with Crippen LogP contribution in [0.25, 0.3) is 0 Å². The molecule has 0 saturated heterocycles. The van der Waals surface area contributed by atoms with Gasteiger partial charge in [0.1, 0.15) is 5.82 Å². The van der Waals surface area contributed by atoms with Crippen LogP contribution in [-0.4, -0.2) is 28.4 Å². The summed E-state index contributed by atoms with van der Waals surface area (Å²) in [6.07, 6.45) is 0.448. The van der Waals surface area contributed by atoms with Gasteiger partial charge >= 0.3 is 5.97 Å². The van der Waals surface area contributed by atoms with Crippen molar-refractivity contribution >= 4 is 24.0 Å². The number of halogens is 2. The molecule has 0 aliphatic rings. The summed E-state index contributed by atoms with van der Waals surface area (Å²) in [5, 5.41) is 9.20. The minimum absolute atomic E-state index is 0.0186. The molecule has 0 bridgehead atoms. The smallest absolute Gasteiger partial charge is 0.331 e. The molecule has 0 spiro atoms. The van der Waals surface area contributed by atoms with Gasteiger partial charge in [0.15, 0.2) is 6.04 Å². The minimum Gasteiger partial charge on any atom is -0.479 e. The van der Waals surface area contributed by atoms with Crippen LogP contribution in [0.4, 0.5) is 4.39 Å². The van der Waals surface area contributed by atoms with Gasteiger partial charge in [0.05, 0.1) is 0 Å². The van der Waals surface area contributed by atoms with Gasteiger partial charge in [0, 0.05) is 16.6 Å². The van der Waals surface area contributed by atoms with E-state index in [1.807, 2.05) is 0 Å². The van der Waals surface area contributed by atoms with Crippen molar-refractivity contribution in [3.63, 3.8) is 0 Å². The molecule has 0 aromatic heterocycles. The van der Waals surface area contributed by atoms with Gasteiger partial charge in [-0.05, 0) is 26.0 Å². The Hall–Kier alpha value is -1.62. The van der Waals surface area contributed by atoms with Crippen LogP contribution in [0.3, 0.4) is 0 Å². The molecule has 1 unspecified atom stereocenters. The largest absolute Gasteiger partial charge is 0.479 e. The maximum absolute atomic E-state index is 12.9. The molecule has 18 heavy (non-hydrogen) atoms. The third kappa shape index (κ3) is 2.98. The first-order chi connectivity index (χ1) is 8.38. The number of carbonyl (C=O) groups is 2. The van der Waals surface area contributed by atoms with E-state index < -0.39 is 17.8 Å². The predicted molar refractivity (Wildman–Crippen MR) is 64.8 cm³/mol. The molecule has 0 aliphatic heterocycles. The van der Waals surface area contributed by atoms with Crippen molar-refractivity contribution in [3.8, 4) is 0 Å². The number of hydrogen-bond donors (Lipinski definition) is 1. The topological polar surface area (TPSA) is 57.6 Å². The number of carboxylic acid groups (broad SMARTS) is 1. The van der Waals surface area contributed by atoms with E-state index in [-0.39, 0.29) is 16.6 Å². The number of amides is 1. The van der Waals surface area contributed by atoms with Crippen LogP contribution < -0.4 is 0 Å². The molecular formula is C12H13ClFNO3. The van der Waals surface area contributed by atoms with Crippen molar-refractivity contribution in [2.45, 2.75) is 25.9 Å².